The second kappa shape index (κ2) is 8.26. The normalized spacial score (nSPS) is 10.9. The van der Waals surface area contributed by atoms with E-state index in [4.69, 9.17) is 16.7 Å². The first-order chi connectivity index (χ1) is 9.90. The van der Waals surface area contributed by atoms with Crippen molar-refractivity contribution in [3.05, 3.63) is 28.9 Å². The fraction of sp³-hybridized carbons (Fsp3) is 0.357. The number of aromatic nitrogens is 1. The van der Waals surface area contributed by atoms with Gasteiger partial charge in [-0.2, -0.15) is 0 Å². The lowest BCUT2D eigenvalue weighted by Crippen LogP contribution is -2.32. The number of carbonyl (C=O) groups is 2. The number of carboxylic acid groups (broad SMARTS) is 1. The van der Waals surface area contributed by atoms with E-state index in [2.05, 4.69) is 15.6 Å². The molecule has 0 saturated carbocycles. The summed E-state index contributed by atoms with van der Waals surface area (Å²) in [5.41, 5.74) is 0.598. The molecule has 0 aliphatic carbocycles. The van der Waals surface area contributed by atoms with Crippen LogP contribution in [0, 0.1) is 5.92 Å². The molecule has 3 N–H and O–H groups in total. The third kappa shape index (κ3) is 6.27. The van der Waals surface area contributed by atoms with Gasteiger partial charge in [-0.15, -0.1) is 0 Å². The fourth-order valence-corrected chi connectivity index (χ4v) is 1.65. The summed E-state index contributed by atoms with van der Waals surface area (Å²) in [6.07, 6.45) is 3.94. The van der Waals surface area contributed by atoms with Gasteiger partial charge in [-0.05, 0) is 17.7 Å². The van der Waals surface area contributed by atoms with E-state index >= 15 is 0 Å². The highest BCUT2D eigenvalue weighted by atomic mass is 35.5. The van der Waals surface area contributed by atoms with Crippen LogP contribution in [0.25, 0.3) is 6.08 Å². The van der Waals surface area contributed by atoms with Crippen molar-refractivity contribution in [1.82, 2.24) is 10.3 Å². The fourth-order valence-electron chi connectivity index (χ4n) is 1.41. The molecule has 0 saturated heterocycles. The van der Waals surface area contributed by atoms with Crippen LogP contribution in [0.15, 0.2) is 18.3 Å². The number of hydrogen-bond acceptors (Lipinski definition) is 4. The zero-order valence-electron chi connectivity index (χ0n) is 11.9. The predicted molar refractivity (Wildman–Crippen MR) is 82.3 cm³/mol. The van der Waals surface area contributed by atoms with Gasteiger partial charge in [-0.25, -0.2) is 9.78 Å². The van der Waals surface area contributed by atoms with Gasteiger partial charge >= 0.3 is 5.97 Å². The molecule has 1 amide bonds. The van der Waals surface area contributed by atoms with Crippen LogP contribution in [0.1, 0.15) is 19.4 Å². The second-order valence-corrected chi connectivity index (χ2v) is 5.05. The van der Waals surface area contributed by atoms with E-state index in [9.17, 15) is 9.59 Å². The smallest absolute Gasteiger partial charge is 0.328 e. The van der Waals surface area contributed by atoms with Crippen LogP contribution >= 0.6 is 11.6 Å². The van der Waals surface area contributed by atoms with Crippen molar-refractivity contribution in [3.63, 3.8) is 0 Å². The summed E-state index contributed by atoms with van der Waals surface area (Å²) in [6, 6.07) is 1.61. The molecule has 6 nitrogen and oxygen atoms in total. The molecule has 1 rings (SSSR count). The number of halogens is 1. The van der Waals surface area contributed by atoms with Crippen molar-refractivity contribution in [3.8, 4) is 0 Å². The Balaban J connectivity index is 2.50. The molecular formula is C14H18ClN3O3. The van der Waals surface area contributed by atoms with Crippen LogP contribution in [0.5, 0.6) is 0 Å². The zero-order chi connectivity index (χ0) is 15.8. The molecule has 0 aromatic carbocycles. The van der Waals surface area contributed by atoms with E-state index < -0.39 is 5.97 Å². The van der Waals surface area contributed by atoms with E-state index in [1.807, 2.05) is 13.8 Å². The minimum absolute atomic E-state index is 0.00925. The molecule has 1 aromatic rings. The molecule has 0 radical (unpaired) electrons. The molecule has 0 aliphatic rings. The number of amides is 1. The number of aliphatic carboxylic acids is 1. The monoisotopic (exact) mass is 311 g/mol. The molecule has 0 bridgehead atoms. The van der Waals surface area contributed by atoms with Gasteiger partial charge in [0, 0.05) is 31.3 Å². The van der Waals surface area contributed by atoms with Gasteiger partial charge in [0.25, 0.3) is 0 Å². The van der Waals surface area contributed by atoms with Crippen LogP contribution < -0.4 is 10.6 Å². The van der Waals surface area contributed by atoms with Crippen molar-refractivity contribution in [2.75, 3.05) is 18.4 Å². The maximum atomic E-state index is 11.4. The van der Waals surface area contributed by atoms with E-state index in [1.54, 1.807) is 6.07 Å². The molecule has 1 aromatic heterocycles. The molecule has 1 heterocycles. The first kappa shape index (κ1) is 17.0. The summed E-state index contributed by atoms with van der Waals surface area (Å²) < 4.78 is 0. The van der Waals surface area contributed by atoms with Crippen LogP contribution in [0.2, 0.25) is 5.02 Å². The maximum absolute atomic E-state index is 11.4. The van der Waals surface area contributed by atoms with Gasteiger partial charge < -0.3 is 15.7 Å². The van der Waals surface area contributed by atoms with Gasteiger partial charge in [0.2, 0.25) is 5.91 Å². The van der Waals surface area contributed by atoms with E-state index in [0.717, 1.165) is 6.08 Å². The van der Waals surface area contributed by atoms with Crippen molar-refractivity contribution < 1.29 is 14.7 Å². The van der Waals surface area contributed by atoms with Crippen molar-refractivity contribution in [2.45, 2.75) is 13.8 Å². The van der Waals surface area contributed by atoms with Gasteiger partial charge in [-0.3, -0.25) is 4.79 Å². The summed E-state index contributed by atoms with van der Waals surface area (Å²) in [7, 11) is 0. The van der Waals surface area contributed by atoms with E-state index in [1.165, 1.54) is 12.3 Å². The number of nitrogens with zero attached hydrogens (tertiary/aromatic N) is 1. The Morgan fingerprint density at radius 3 is 2.71 bits per heavy atom. The van der Waals surface area contributed by atoms with Crippen molar-refractivity contribution in [2.24, 2.45) is 5.92 Å². The Kier molecular flexibility index (Phi) is 6.68. The lowest BCUT2D eigenvalue weighted by molar-refractivity contribution is -0.131. The topological polar surface area (TPSA) is 91.3 Å². The number of carboxylic acids is 1. The van der Waals surface area contributed by atoms with Crippen LogP contribution in [0.3, 0.4) is 0 Å². The Hall–Kier alpha value is -2.08. The van der Waals surface area contributed by atoms with Crippen LogP contribution in [-0.2, 0) is 9.59 Å². The molecule has 0 fully saturated rings. The standard InChI is InChI=1S/C14H18ClN3O3/c1-9(2)14(21)17-6-5-16-13-11(15)7-10(8-18-13)3-4-12(19)20/h3-4,7-9H,5-6H2,1-2H3,(H,16,18)(H,17,21)(H,19,20)/b4-3+. The average Bonchev–Trinajstić information content (AvgIpc) is 2.42. The first-order valence-corrected chi connectivity index (χ1v) is 6.86. The number of hydrogen-bond donors (Lipinski definition) is 3. The minimum Gasteiger partial charge on any atom is -0.478 e. The highest BCUT2D eigenvalue weighted by Gasteiger charge is 2.06. The quantitative estimate of drug-likeness (QED) is 0.529. The number of anilines is 1. The SMILES string of the molecule is CC(C)C(=O)NCCNc1ncc(/C=C/C(=O)O)cc1Cl. The lowest BCUT2D eigenvalue weighted by atomic mass is 10.2. The Bertz CT molecular complexity index is 544. The maximum Gasteiger partial charge on any atom is 0.328 e. The van der Waals surface area contributed by atoms with Gasteiger partial charge in [-0.1, -0.05) is 25.4 Å². The Labute approximate surface area is 128 Å². The highest BCUT2D eigenvalue weighted by Crippen LogP contribution is 2.20. The third-order valence-corrected chi connectivity index (χ3v) is 2.81. The highest BCUT2D eigenvalue weighted by molar-refractivity contribution is 6.33. The number of rotatable bonds is 7. The zero-order valence-corrected chi connectivity index (χ0v) is 12.6. The van der Waals surface area contributed by atoms with Gasteiger partial charge in [0.05, 0.1) is 5.02 Å². The van der Waals surface area contributed by atoms with Gasteiger partial charge in [0.1, 0.15) is 5.82 Å². The van der Waals surface area contributed by atoms with E-state index in [-0.39, 0.29) is 11.8 Å². The van der Waals surface area contributed by atoms with Gasteiger partial charge in [0.15, 0.2) is 0 Å². The van der Waals surface area contributed by atoms with Crippen molar-refractivity contribution >= 4 is 35.4 Å². The summed E-state index contributed by atoms with van der Waals surface area (Å²) in [5.74, 6) is -0.603. The summed E-state index contributed by atoms with van der Waals surface area (Å²) in [6.45, 7) is 4.61. The Morgan fingerprint density at radius 1 is 1.43 bits per heavy atom. The minimum atomic E-state index is -1.03. The van der Waals surface area contributed by atoms with E-state index in [0.29, 0.717) is 29.5 Å². The Morgan fingerprint density at radius 2 is 2.14 bits per heavy atom. The first-order valence-electron chi connectivity index (χ1n) is 6.48. The molecule has 0 atom stereocenters. The third-order valence-electron chi connectivity index (χ3n) is 2.52. The lowest BCUT2D eigenvalue weighted by Gasteiger charge is -2.10. The molecule has 21 heavy (non-hydrogen) atoms. The summed E-state index contributed by atoms with van der Waals surface area (Å²) >= 11 is 6.04. The predicted octanol–water partition coefficient (Wildman–Crippen LogP) is 2.02. The van der Waals surface area contributed by atoms with Crippen molar-refractivity contribution in [1.29, 1.82) is 0 Å². The number of nitrogens with one attached hydrogen (secondary N) is 2. The number of carbonyl (C=O) groups excluding carboxylic acids is 1. The summed E-state index contributed by atoms with van der Waals surface area (Å²) in [4.78, 5) is 25.9. The average molecular weight is 312 g/mol. The molecule has 0 unspecified atom stereocenters. The largest absolute Gasteiger partial charge is 0.478 e. The molecule has 7 heteroatoms. The second-order valence-electron chi connectivity index (χ2n) is 4.64. The number of pyridine rings is 1. The molecular weight excluding hydrogens is 294 g/mol. The van der Waals surface area contributed by atoms with Crippen LogP contribution in [0.4, 0.5) is 5.82 Å². The molecule has 114 valence electrons. The molecule has 0 aliphatic heterocycles. The van der Waals surface area contributed by atoms with Crippen LogP contribution in [-0.4, -0.2) is 35.1 Å². The summed E-state index contributed by atoms with van der Waals surface area (Å²) in [5, 5.41) is 14.7. The molecule has 0 spiro atoms.